The molecule has 27 heavy (non-hydrogen) atoms. The molecule has 3 N–H and O–H groups in total. The second-order valence-electron chi connectivity index (χ2n) is 6.58. The van der Waals surface area contributed by atoms with Gasteiger partial charge in [0, 0.05) is 48.4 Å². The van der Waals surface area contributed by atoms with Gasteiger partial charge in [-0.25, -0.2) is 9.97 Å². The number of rotatable bonds is 4. The molecule has 2 aromatic heterocycles. The third-order valence-corrected chi connectivity index (χ3v) is 4.77. The van der Waals surface area contributed by atoms with Gasteiger partial charge in [-0.05, 0) is 31.4 Å². The molecule has 1 aromatic carbocycles. The van der Waals surface area contributed by atoms with Crippen molar-refractivity contribution in [2.75, 3.05) is 23.7 Å². The predicted molar refractivity (Wildman–Crippen MR) is 106 cm³/mol. The van der Waals surface area contributed by atoms with Gasteiger partial charge in [-0.1, -0.05) is 6.07 Å². The van der Waals surface area contributed by atoms with E-state index in [1.54, 1.807) is 24.7 Å². The zero-order chi connectivity index (χ0) is 18.6. The Morgan fingerprint density at radius 2 is 1.85 bits per heavy atom. The first-order valence-electron chi connectivity index (χ1n) is 9.04. The minimum absolute atomic E-state index is 0.277. The predicted octanol–water partition coefficient (Wildman–Crippen LogP) is 2.92. The number of aromatic nitrogens is 4. The highest BCUT2D eigenvalue weighted by Gasteiger charge is 2.16. The summed E-state index contributed by atoms with van der Waals surface area (Å²) in [5.41, 5.74) is 9.76. The first-order valence-corrected chi connectivity index (χ1v) is 9.04. The van der Waals surface area contributed by atoms with Gasteiger partial charge in [0.15, 0.2) is 0 Å². The van der Waals surface area contributed by atoms with E-state index in [0.717, 1.165) is 30.2 Å². The van der Waals surface area contributed by atoms with Crippen LogP contribution in [0.4, 0.5) is 11.5 Å². The van der Waals surface area contributed by atoms with Crippen LogP contribution in [-0.2, 0) is 0 Å². The van der Waals surface area contributed by atoms with Crippen molar-refractivity contribution in [1.29, 1.82) is 5.41 Å². The number of hydrogen-bond acceptors (Lipinski definition) is 7. The quantitative estimate of drug-likeness (QED) is 0.548. The van der Waals surface area contributed by atoms with Gasteiger partial charge in [0.1, 0.15) is 12.1 Å². The van der Waals surface area contributed by atoms with Crippen molar-refractivity contribution in [2.45, 2.75) is 19.3 Å². The lowest BCUT2D eigenvalue weighted by molar-refractivity contribution is 0.573. The summed E-state index contributed by atoms with van der Waals surface area (Å²) in [5, 5.41) is 8.66. The fourth-order valence-electron chi connectivity index (χ4n) is 3.30. The molecule has 7 heteroatoms. The van der Waals surface area contributed by atoms with Gasteiger partial charge < -0.3 is 10.6 Å². The Labute approximate surface area is 157 Å². The van der Waals surface area contributed by atoms with E-state index in [1.807, 2.05) is 18.2 Å². The second-order valence-corrected chi connectivity index (χ2v) is 6.58. The number of nitrogens with two attached hydrogens (primary N) is 1. The average Bonchev–Trinajstić information content (AvgIpc) is 2.75. The van der Waals surface area contributed by atoms with Gasteiger partial charge in [0.25, 0.3) is 0 Å². The number of anilines is 2. The molecular weight excluding hydrogens is 338 g/mol. The average molecular weight is 359 g/mol. The molecule has 7 nitrogen and oxygen atoms in total. The fourth-order valence-corrected chi connectivity index (χ4v) is 3.30. The van der Waals surface area contributed by atoms with Gasteiger partial charge in [-0.15, -0.1) is 0 Å². The maximum absolute atomic E-state index is 8.66. The molecule has 136 valence electrons. The number of hydrogen-bond donors (Lipinski definition) is 2. The van der Waals surface area contributed by atoms with Gasteiger partial charge >= 0.3 is 0 Å². The first-order chi connectivity index (χ1) is 13.2. The summed E-state index contributed by atoms with van der Waals surface area (Å²) in [4.78, 5) is 19.4. The van der Waals surface area contributed by atoms with Crippen LogP contribution in [0, 0.1) is 5.41 Å². The van der Waals surface area contributed by atoms with E-state index in [4.69, 9.17) is 11.1 Å². The molecule has 0 unspecified atom stereocenters. The zero-order valence-electron chi connectivity index (χ0n) is 15.0. The lowest BCUT2D eigenvalue weighted by Gasteiger charge is -2.27. The van der Waals surface area contributed by atoms with Crippen molar-refractivity contribution in [1.82, 2.24) is 19.9 Å². The van der Waals surface area contributed by atoms with E-state index in [-0.39, 0.29) is 5.71 Å². The first kappa shape index (κ1) is 17.1. The summed E-state index contributed by atoms with van der Waals surface area (Å²) in [5.74, 6) is 0.869. The standard InChI is InChI=1S/C20H21N7/c21-16-5-4-14(18-12-23-6-7-24-18)10-15(16)20(22)17-11-19(26-13-25-17)27-8-2-1-3-9-27/h4-7,10-13,22H,1-3,8-9,21H2. The molecule has 0 bridgehead atoms. The van der Waals surface area contributed by atoms with Crippen molar-refractivity contribution in [3.8, 4) is 11.3 Å². The summed E-state index contributed by atoms with van der Waals surface area (Å²) in [7, 11) is 0. The van der Waals surface area contributed by atoms with E-state index in [0.29, 0.717) is 16.9 Å². The van der Waals surface area contributed by atoms with Crippen molar-refractivity contribution < 1.29 is 0 Å². The van der Waals surface area contributed by atoms with Crippen molar-refractivity contribution in [3.63, 3.8) is 0 Å². The molecule has 0 atom stereocenters. The topological polar surface area (TPSA) is 105 Å². The normalized spacial score (nSPS) is 14.1. The minimum Gasteiger partial charge on any atom is -0.398 e. The maximum atomic E-state index is 8.66. The molecule has 0 spiro atoms. The number of nitrogen functional groups attached to an aromatic ring is 1. The number of nitrogens with one attached hydrogen (secondary N) is 1. The monoisotopic (exact) mass is 359 g/mol. The molecule has 0 saturated carbocycles. The molecule has 4 rings (SSSR count). The number of benzene rings is 1. The Balaban J connectivity index is 1.66. The summed E-state index contributed by atoms with van der Waals surface area (Å²) in [6.07, 6.45) is 10.1. The Bertz CT molecular complexity index is 950. The van der Waals surface area contributed by atoms with Gasteiger partial charge in [0.05, 0.1) is 23.3 Å². The molecule has 0 aliphatic carbocycles. The Kier molecular flexibility index (Phi) is 4.74. The van der Waals surface area contributed by atoms with Crippen molar-refractivity contribution in [2.24, 2.45) is 0 Å². The minimum atomic E-state index is 0.277. The van der Waals surface area contributed by atoms with Crippen LogP contribution in [0.5, 0.6) is 0 Å². The third kappa shape index (κ3) is 3.62. The number of piperidine rings is 1. The molecule has 1 saturated heterocycles. The summed E-state index contributed by atoms with van der Waals surface area (Å²) >= 11 is 0. The molecule has 3 aromatic rings. The third-order valence-electron chi connectivity index (χ3n) is 4.77. The van der Waals surface area contributed by atoms with Crippen LogP contribution in [0.25, 0.3) is 11.3 Å². The lowest BCUT2D eigenvalue weighted by atomic mass is 10.0. The molecule has 0 amide bonds. The zero-order valence-corrected chi connectivity index (χ0v) is 15.0. The van der Waals surface area contributed by atoms with E-state index >= 15 is 0 Å². The van der Waals surface area contributed by atoms with Crippen LogP contribution in [0.3, 0.4) is 0 Å². The molecule has 0 radical (unpaired) electrons. The molecule has 1 aliphatic heterocycles. The second kappa shape index (κ2) is 7.49. The van der Waals surface area contributed by atoms with Crippen LogP contribution >= 0.6 is 0 Å². The van der Waals surface area contributed by atoms with Crippen LogP contribution in [-0.4, -0.2) is 38.7 Å². The lowest BCUT2D eigenvalue weighted by Crippen LogP contribution is -2.30. The fraction of sp³-hybridized carbons (Fsp3) is 0.250. The molecule has 1 fully saturated rings. The van der Waals surface area contributed by atoms with E-state index in [9.17, 15) is 0 Å². The number of nitrogens with zero attached hydrogens (tertiary/aromatic N) is 5. The van der Waals surface area contributed by atoms with E-state index in [1.165, 1.54) is 25.6 Å². The molecule has 1 aliphatic rings. The molecular formula is C20H21N7. The van der Waals surface area contributed by atoms with Crippen LogP contribution in [0.1, 0.15) is 30.5 Å². The Morgan fingerprint density at radius 1 is 1.00 bits per heavy atom. The SMILES string of the molecule is N=C(c1cc(N2CCCCC2)ncn1)c1cc(-c2cnccn2)ccc1N. The Hall–Kier alpha value is -3.35. The highest BCUT2D eigenvalue weighted by atomic mass is 15.2. The highest BCUT2D eigenvalue weighted by Crippen LogP contribution is 2.25. The summed E-state index contributed by atoms with van der Waals surface area (Å²) in [6.45, 7) is 1.99. The smallest absolute Gasteiger partial charge is 0.132 e. The van der Waals surface area contributed by atoms with Crippen molar-refractivity contribution >= 4 is 17.2 Å². The van der Waals surface area contributed by atoms with Gasteiger partial charge in [-0.2, -0.15) is 0 Å². The van der Waals surface area contributed by atoms with E-state index < -0.39 is 0 Å². The summed E-state index contributed by atoms with van der Waals surface area (Å²) < 4.78 is 0. The van der Waals surface area contributed by atoms with Gasteiger partial charge in [0.2, 0.25) is 0 Å². The summed E-state index contributed by atoms with van der Waals surface area (Å²) in [6, 6.07) is 7.42. The van der Waals surface area contributed by atoms with Crippen LogP contribution in [0.15, 0.2) is 49.2 Å². The van der Waals surface area contributed by atoms with Gasteiger partial charge in [-0.3, -0.25) is 15.4 Å². The largest absolute Gasteiger partial charge is 0.398 e. The van der Waals surface area contributed by atoms with Crippen molar-refractivity contribution in [3.05, 3.63) is 60.4 Å². The van der Waals surface area contributed by atoms with Crippen LogP contribution in [0.2, 0.25) is 0 Å². The molecule has 3 heterocycles. The van der Waals surface area contributed by atoms with E-state index in [2.05, 4.69) is 24.8 Å². The Morgan fingerprint density at radius 3 is 2.63 bits per heavy atom. The van der Waals surface area contributed by atoms with Crippen LogP contribution < -0.4 is 10.6 Å². The maximum Gasteiger partial charge on any atom is 0.132 e. The highest BCUT2D eigenvalue weighted by molar-refractivity contribution is 6.13.